The van der Waals surface area contributed by atoms with E-state index in [2.05, 4.69) is 22.8 Å². The van der Waals surface area contributed by atoms with Crippen LogP contribution >= 0.6 is 23.6 Å². The second kappa shape index (κ2) is 6.46. The van der Waals surface area contributed by atoms with Crippen molar-refractivity contribution in [2.45, 2.75) is 12.5 Å². The number of hydrogen-bond donors (Lipinski definition) is 1. The van der Waals surface area contributed by atoms with Crippen LogP contribution in [0.1, 0.15) is 22.9 Å². The molecule has 1 aromatic carbocycles. The van der Waals surface area contributed by atoms with E-state index in [1.165, 1.54) is 4.88 Å². The summed E-state index contributed by atoms with van der Waals surface area (Å²) in [5.41, 5.74) is 2.14. The smallest absolute Gasteiger partial charge is 0.190 e. The molecule has 1 unspecified atom stereocenters. The Bertz CT molecular complexity index is 680. The predicted molar refractivity (Wildman–Crippen MR) is 94.7 cm³/mol. The van der Waals surface area contributed by atoms with Crippen molar-refractivity contribution in [3.8, 4) is 5.75 Å². The standard InChI is InChI=1S/C16H17N3OS2/c1-17-16(21)19-14(15-4-3-9-22-15)10-13(18-19)11-5-7-12(20-2)8-6-11/h3-9,14H,10H2,1-2H3,(H,17,21). The van der Waals surface area contributed by atoms with Crippen molar-refractivity contribution < 1.29 is 4.74 Å². The largest absolute Gasteiger partial charge is 0.497 e. The number of rotatable bonds is 3. The average Bonchev–Trinajstić information content (AvgIpc) is 3.23. The van der Waals surface area contributed by atoms with Gasteiger partial charge in [-0.1, -0.05) is 6.07 Å². The number of methoxy groups -OCH3 is 1. The molecule has 1 aromatic heterocycles. The Morgan fingerprint density at radius 3 is 2.73 bits per heavy atom. The summed E-state index contributed by atoms with van der Waals surface area (Å²) in [5, 5.41) is 12.4. The summed E-state index contributed by atoms with van der Waals surface area (Å²) >= 11 is 7.13. The molecule has 0 spiro atoms. The van der Waals surface area contributed by atoms with Crippen molar-refractivity contribution in [1.29, 1.82) is 0 Å². The van der Waals surface area contributed by atoms with E-state index in [0.29, 0.717) is 5.11 Å². The van der Waals surface area contributed by atoms with Gasteiger partial charge in [0.2, 0.25) is 0 Å². The van der Waals surface area contributed by atoms with Crippen LogP contribution in [0, 0.1) is 0 Å². The van der Waals surface area contributed by atoms with E-state index in [1.807, 2.05) is 36.3 Å². The summed E-state index contributed by atoms with van der Waals surface area (Å²) in [4.78, 5) is 1.27. The van der Waals surface area contributed by atoms with Crippen LogP contribution in [0.2, 0.25) is 0 Å². The maximum absolute atomic E-state index is 5.40. The molecule has 0 aliphatic carbocycles. The van der Waals surface area contributed by atoms with E-state index in [1.54, 1.807) is 18.4 Å². The molecule has 114 valence electrons. The molecular formula is C16H17N3OS2. The first kappa shape index (κ1) is 15.0. The molecule has 3 rings (SSSR count). The van der Waals surface area contributed by atoms with Crippen LogP contribution in [0.4, 0.5) is 0 Å². The van der Waals surface area contributed by atoms with Crippen molar-refractivity contribution in [2.24, 2.45) is 5.10 Å². The Kier molecular flexibility index (Phi) is 4.40. The summed E-state index contributed by atoms with van der Waals surface area (Å²) in [6.45, 7) is 0. The zero-order chi connectivity index (χ0) is 15.5. The van der Waals surface area contributed by atoms with Gasteiger partial charge in [0.1, 0.15) is 5.75 Å². The molecule has 0 amide bonds. The van der Waals surface area contributed by atoms with Crippen LogP contribution in [0.3, 0.4) is 0 Å². The Morgan fingerprint density at radius 2 is 2.14 bits per heavy atom. The summed E-state index contributed by atoms with van der Waals surface area (Å²) in [7, 11) is 3.50. The van der Waals surface area contributed by atoms with E-state index >= 15 is 0 Å². The molecule has 1 aliphatic heterocycles. The maximum Gasteiger partial charge on any atom is 0.190 e. The minimum atomic E-state index is 0.164. The van der Waals surface area contributed by atoms with Crippen molar-refractivity contribution in [1.82, 2.24) is 10.3 Å². The molecule has 22 heavy (non-hydrogen) atoms. The molecule has 2 heterocycles. The Balaban J connectivity index is 1.90. The number of nitrogens with zero attached hydrogens (tertiary/aromatic N) is 2. The van der Waals surface area contributed by atoms with Crippen LogP contribution in [-0.4, -0.2) is 30.0 Å². The van der Waals surface area contributed by atoms with Crippen molar-refractivity contribution in [3.05, 3.63) is 52.2 Å². The molecule has 4 nitrogen and oxygen atoms in total. The molecule has 0 saturated carbocycles. The highest BCUT2D eigenvalue weighted by molar-refractivity contribution is 7.80. The number of thiophene rings is 1. The van der Waals surface area contributed by atoms with Gasteiger partial charge in [0.15, 0.2) is 5.11 Å². The van der Waals surface area contributed by atoms with Gasteiger partial charge < -0.3 is 10.1 Å². The molecule has 0 radical (unpaired) electrons. The average molecular weight is 331 g/mol. The molecule has 6 heteroatoms. The molecule has 1 aliphatic rings. The lowest BCUT2D eigenvalue weighted by molar-refractivity contribution is 0.371. The molecule has 2 aromatic rings. The topological polar surface area (TPSA) is 36.9 Å². The van der Waals surface area contributed by atoms with E-state index in [-0.39, 0.29) is 6.04 Å². The Labute approximate surface area is 139 Å². The number of ether oxygens (including phenoxy) is 1. The fourth-order valence-electron chi connectivity index (χ4n) is 2.47. The predicted octanol–water partition coefficient (Wildman–Crippen LogP) is 3.41. The van der Waals surface area contributed by atoms with Crippen LogP contribution in [0.5, 0.6) is 5.75 Å². The number of benzene rings is 1. The highest BCUT2D eigenvalue weighted by Gasteiger charge is 2.31. The van der Waals surface area contributed by atoms with Crippen molar-refractivity contribution >= 4 is 34.4 Å². The van der Waals surface area contributed by atoms with E-state index in [0.717, 1.165) is 23.4 Å². The molecule has 0 saturated heterocycles. The number of thiocarbonyl (C=S) groups is 1. The molecule has 0 fully saturated rings. The van der Waals surface area contributed by atoms with Gasteiger partial charge in [0.25, 0.3) is 0 Å². The Morgan fingerprint density at radius 1 is 1.36 bits per heavy atom. The first-order chi connectivity index (χ1) is 10.7. The second-order valence-electron chi connectivity index (χ2n) is 4.91. The highest BCUT2D eigenvalue weighted by Crippen LogP contribution is 2.35. The van der Waals surface area contributed by atoms with Crippen LogP contribution in [0.15, 0.2) is 46.9 Å². The lowest BCUT2D eigenvalue weighted by Crippen LogP contribution is -2.34. The number of hydrogen-bond acceptors (Lipinski definition) is 4. The first-order valence-electron chi connectivity index (χ1n) is 6.99. The monoisotopic (exact) mass is 331 g/mol. The quantitative estimate of drug-likeness (QED) is 0.875. The molecule has 0 bridgehead atoms. The van der Waals surface area contributed by atoms with Gasteiger partial charge in [-0.2, -0.15) is 5.10 Å². The van der Waals surface area contributed by atoms with Gasteiger partial charge in [0, 0.05) is 18.3 Å². The fraction of sp³-hybridized carbons (Fsp3) is 0.250. The first-order valence-corrected chi connectivity index (χ1v) is 8.28. The van der Waals surface area contributed by atoms with Gasteiger partial charge >= 0.3 is 0 Å². The van der Waals surface area contributed by atoms with E-state index in [9.17, 15) is 0 Å². The maximum atomic E-state index is 5.40. The van der Waals surface area contributed by atoms with Gasteiger partial charge in [-0.05, 0) is 53.5 Å². The van der Waals surface area contributed by atoms with Crippen molar-refractivity contribution in [2.75, 3.05) is 14.2 Å². The van der Waals surface area contributed by atoms with E-state index in [4.69, 9.17) is 22.1 Å². The summed E-state index contributed by atoms with van der Waals surface area (Å²) in [5.74, 6) is 0.847. The lowest BCUT2D eigenvalue weighted by atomic mass is 10.0. The summed E-state index contributed by atoms with van der Waals surface area (Å²) in [6, 6.07) is 12.3. The minimum absolute atomic E-state index is 0.164. The third-order valence-corrected chi connectivity index (χ3v) is 4.99. The lowest BCUT2D eigenvalue weighted by Gasteiger charge is -2.22. The second-order valence-corrected chi connectivity index (χ2v) is 6.28. The zero-order valence-electron chi connectivity index (χ0n) is 12.4. The molecular weight excluding hydrogens is 314 g/mol. The third-order valence-electron chi connectivity index (χ3n) is 3.63. The van der Waals surface area contributed by atoms with Gasteiger partial charge in [-0.25, -0.2) is 5.01 Å². The minimum Gasteiger partial charge on any atom is -0.497 e. The molecule has 1 atom stereocenters. The van der Waals surface area contributed by atoms with Crippen LogP contribution in [0.25, 0.3) is 0 Å². The highest BCUT2D eigenvalue weighted by atomic mass is 32.1. The number of hydrazone groups is 1. The summed E-state index contributed by atoms with van der Waals surface area (Å²) in [6.07, 6.45) is 0.842. The van der Waals surface area contributed by atoms with Crippen molar-refractivity contribution in [3.63, 3.8) is 0 Å². The normalized spacial score (nSPS) is 17.3. The third kappa shape index (κ3) is 2.84. The number of nitrogens with one attached hydrogen (secondary N) is 1. The van der Waals surface area contributed by atoms with Gasteiger partial charge in [0.05, 0.1) is 18.9 Å². The van der Waals surface area contributed by atoms with E-state index < -0.39 is 0 Å². The zero-order valence-corrected chi connectivity index (χ0v) is 14.1. The molecule has 1 N–H and O–H groups in total. The van der Waals surface area contributed by atoms with Gasteiger partial charge in [-0.3, -0.25) is 0 Å². The SMILES string of the molecule is CNC(=S)N1N=C(c2ccc(OC)cc2)CC1c1cccs1. The Hall–Kier alpha value is -1.92. The fourth-order valence-corrected chi connectivity index (χ4v) is 3.45. The van der Waals surface area contributed by atoms with Crippen LogP contribution < -0.4 is 10.1 Å². The summed E-state index contributed by atoms with van der Waals surface area (Å²) < 4.78 is 5.21. The van der Waals surface area contributed by atoms with Gasteiger partial charge in [-0.15, -0.1) is 11.3 Å². The van der Waals surface area contributed by atoms with Crippen LogP contribution in [-0.2, 0) is 0 Å².